The van der Waals surface area contributed by atoms with E-state index < -0.39 is 10.0 Å². The maximum Gasteiger partial charge on any atom is 0.283 e. The molecule has 0 atom stereocenters. The summed E-state index contributed by atoms with van der Waals surface area (Å²) in [5.74, 6) is 0. The molecule has 1 aromatic heterocycles. The first kappa shape index (κ1) is 15.3. The molecule has 0 spiro atoms. The molecule has 21 heavy (non-hydrogen) atoms. The number of rotatable bonds is 5. The molecule has 6 heteroatoms. The van der Waals surface area contributed by atoms with Crippen LogP contribution in [0.2, 0.25) is 0 Å². The van der Waals surface area contributed by atoms with Gasteiger partial charge in [-0.1, -0.05) is 17.7 Å². The first-order valence-electron chi connectivity index (χ1n) is 6.71. The molecule has 0 saturated carbocycles. The lowest BCUT2D eigenvalue weighted by Gasteiger charge is -2.20. The van der Waals surface area contributed by atoms with Crippen molar-refractivity contribution in [2.24, 2.45) is 0 Å². The van der Waals surface area contributed by atoms with E-state index in [2.05, 4.69) is 10.3 Å². The Morgan fingerprint density at radius 3 is 2.48 bits per heavy atom. The van der Waals surface area contributed by atoms with Crippen LogP contribution in [-0.2, 0) is 10.0 Å². The van der Waals surface area contributed by atoms with Gasteiger partial charge < -0.3 is 5.32 Å². The number of anilines is 2. The van der Waals surface area contributed by atoms with Crippen LogP contribution in [0.5, 0.6) is 0 Å². The van der Waals surface area contributed by atoms with Gasteiger partial charge in [0.25, 0.3) is 10.0 Å². The highest BCUT2D eigenvalue weighted by molar-refractivity contribution is 7.92. The van der Waals surface area contributed by atoms with Gasteiger partial charge in [-0.2, -0.15) is 8.42 Å². The molecule has 0 amide bonds. The average Bonchev–Trinajstić information content (AvgIpc) is 2.48. The van der Waals surface area contributed by atoms with Gasteiger partial charge in [0.05, 0.1) is 11.4 Å². The predicted molar refractivity (Wildman–Crippen MR) is 85.2 cm³/mol. The zero-order chi connectivity index (χ0) is 15.5. The van der Waals surface area contributed by atoms with Crippen LogP contribution in [0.4, 0.5) is 11.4 Å². The lowest BCUT2D eigenvalue weighted by Crippen LogP contribution is -2.28. The van der Waals surface area contributed by atoms with Crippen molar-refractivity contribution < 1.29 is 8.42 Å². The fraction of sp³-hybridized carbons (Fsp3) is 0.267. The van der Waals surface area contributed by atoms with Crippen LogP contribution in [0.3, 0.4) is 0 Å². The Bertz CT molecular complexity index is 712. The fourth-order valence-corrected chi connectivity index (χ4v) is 3.22. The third kappa shape index (κ3) is 3.16. The third-order valence-corrected chi connectivity index (χ3v) is 4.89. The highest BCUT2D eigenvalue weighted by Gasteiger charge is 2.25. The van der Waals surface area contributed by atoms with Gasteiger partial charge in [0.15, 0.2) is 5.03 Å². The number of sulfonamides is 1. The standard InChI is InChI=1S/C15H19N3O2S/c1-4-16-14-6-5-11-17-15(14)21(19,20)18(3)13-9-7-12(2)8-10-13/h5-11,16H,4H2,1-3H3. The number of pyridine rings is 1. The Balaban J connectivity index is 2.44. The molecule has 112 valence electrons. The molecule has 1 N–H and O–H groups in total. The van der Waals surface area contributed by atoms with Crippen LogP contribution in [0.15, 0.2) is 47.6 Å². The van der Waals surface area contributed by atoms with Crippen molar-refractivity contribution in [3.8, 4) is 0 Å². The molecule has 0 radical (unpaired) electrons. The van der Waals surface area contributed by atoms with E-state index in [-0.39, 0.29) is 5.03 Å². The molecule has 5 nitrogen and oxygen atoms in total. The Labute approximate surface area is 125 Å². The number of hydrogen-bond donors (Lipinski definition) is 1. The highest BCUT2D eigenvalue weighted by atomic mass is 32.2. The van der Waals surface area contributed by atoms with Crippen molar-refractivity contribution in [3.63, 3.8) is 0 Å². The summed E-state index contributed by atoms with van der Waals surface area (Å²) >= 11 is 0. The molecule has 2 rings (SSSR count). The first-order chi connectivity index (χ1) is 9.96. The van der Waals surface area contributed by atoms with Crippen LogP contribution in [0, 0.1) is 6.92 Å². The second-order valence-electron chi connectivity index (χ2n) is 4.69. The van der Waals surface area contributed by atoms with Gasteiger partial charge in [0, 0.05) is 19.8 Å². The topological polar surface area (TPSA) is 62.3 Å². The summed E-state index contributed by atoms with van der Waals surface area (Å²) in [6.07, 6.45) is 1.48. The van der Waals surface area contributed by atoms with Gasteiger partial charge >= 0.3 is 0 Å². The van der Waals surface area contributed by atoms with Crippen LogP contribution in [-0.4, -0.2) is 27.0 Å². The van der Waals surface area contributed by atoms with Gasteiger partial charge in [-0.05, 0) is 38.1 Å². The molecular weight excluding hydrogens is 286 g/mol. The van der Waals surface area contributed by atoms with Crippen molar-refractivity contribution in [1.29, 1.82) is 0 Å². The predicted octanol–water partition coefficient (Wildman–Crippen LogP) is 2.65. The normalized spacial score (nSPS) is 11.2. The molecule has 0 unspecified atom stereocenters. The van der Waals surface area contributed by atoms with Gasteiger partial charge in [0.2, 0.25) is 0 Å². The van der Waals surface area contributed by atoms with E-state index in [9.17, 15) is 8.42 Å². The van der Waals surface area contributed by atoms with Crippen LogP contribution in [0.1, 0.15) is 12.5 Å². The fourth-order valence-electron chi connectivity index (χ4n) is 1.94. The van der Waals surface area contributed by atoms with Gasteiger partial charge in [-0.3, -0.25) is 4.31 Å². The lowest BCUT2D eigenvalue weighted by atomic mass is 10.2. The molecule has 0 aliphatic rings. The van der Waals surface area contributed by atoms with E-state index in [0.29, 0.717) is 17.9 Å². The molecule has 0 bridgehead atoms. The number of aryl methyl sites for hydroxylation is 1. The van der Waals surface area contributed by atoms with Crippen molar-refractivity contribution in [2.45, 2.75) is 18.9 Å². The SMILES string of the molecule is CCNc1cccnc1S(=O)(=O)N(C)c1ccc(C)cc1. The number of nitrogens with one attached hydrogen (secondary N) is 1. The molecular formula is C15H19N3O2S. The quantitative estimate of drug-likeness (QED) is 0.922. The number of benzene rings is 1. The monoisotopic (exact) mass is 305 g/mol. The van der Waals surface area contributed by atoms with Crippen molar-refractivity contribution >= 4 is 21.4 Å². The molecule has 0 saturated heterocycles. The molecule has 1 heterocycles. The summed E-state index contributed by atoms with van der Waals surface area (Å²) < 4.78 is 26.7. The van der Waals surface area contributed by atoms with E-state index in [1.54, 1.807) is 24.3 Å². The van der Waals surface area contributed by atoms with Crippen molar-refractivity contribution in [3.05, 3.63) is 48.2 Å². The highest BCUT2D eigenvalue weighted by Crippen LogP contribution is 2.25. The van der Waals surface area contributed by atoms with Gasteiger partial charge in [-0.15, -0.1) is 0 Å². The third-order valence-electron chi connectivity index (χ3n) is 3.14. The summed E-state index contributed by atoms with van der Waals surface area (Å²) in [5, 5.41) is 3.07. The first-order valence-corrected chi connectivity index (χ1v) is 8.15. The summed E-state index contributed by atoms with van der Waals surface area (Å²) in [4.78, 5) is 4.04. The minimum absolute atomic E-state index is 0.0370. The summed E-state index contributed by atoms with van der Waals surface area (Å²) in [7, 11) is -2.17. The molecule has 1 aromatic carbocycles. The van der Waals surface area contributed by atoms with Crippen LogP contribution < -0.4 is 9.62 Å². The number of hydrogen-bond acceptors (Lipinski definition) is 4. The number of aromatic nitrogens is 1. The minimum Gasteiger partial charge on any atom is -0.383 e. The van der Waals surface area contributed by atoms with Crippen LogP contribution >= 0.6 is 0 Å². The molecule has 2 aromatic rings. The van der Waals surface area contributed by atoms with Crippen molar-refractivity contribution in [2.75, 3.05) is 23.2 Å². The second-order valence-corrected chi connectivity index (χ2v) is 6.58. The zero-order valence-electron chi connectivity index (χ0n) is 12.4. The summed E-state index contributed by atoms with van der Waals surface area (Å²) in [6.45, 7) is 4.50. The van der Waals surface area contributed by atoms with Crippen LogP contribution in [0.25, 0.3) is 0 Å². The average molecular weight is 305 g/mol. The Morgan fingerprint density at radius 1 is 1.19 bits per heavy atom. The maximum atomic E-state index is 12.7. The zero-order valence-corrected chi connectivity index (χ0v) is 13.2. The molecule has 0 aliphatic carbocycles. The largest absolute Gasteiger partial charge is 0.383 e. The van der Waals surface area contributed by atoms with E-state index >= 15 is 0 Å². The number of nitrogens with zero attached hydrogens (tertiary/aromatic N) is 2. The van der Waals surface area contributed by atoms with Gasteiger partial charge in [-0.25, -0.2) is 4.98 Å². The Hall–Kier alpha value is -2.08. The van der Waals surface area contributed by atoms with Crippen molar-refractivity contribution in [1.82, 2.24) is 4.98 Å². The Morgan fingerprint density at radius 2 is 1.86 bits per heavy atom. The smallest absolute Gasteiger partial charge is 0.283 e. The van der Waals surface area contributed by atoms with Gasteiger partial charge in [0.1, 0.15) is 0 Å². The minimum atomic E-state index is -3.70. The second kappa shape index (κ2) is 6.13. The van der Waals surface area contributed by atoms with E-state index in [1.807, 2.05) is 26.0 Å². The molecule has 0 fully saturated rings. The summed E-state index contributed by atoms with van der Waals surface area (Å²) in [5.41, 5.74) is 2.20. The van der Waals surface area contributed by atoms with E-state index in [0.717, 1.165) is 5.56 Å². The van der Waals surface area contributed by atoms with E-state index in [1.165, 1.54) is 17.5 Å². The molecule has 0 aliphatic heterocycles. The van der Waals surface area contributed by atoms with E-state index in [4.69, 9.17) is 0 Å². The maximum absolute atomic E-state index is 12.7. The Kier molecular flexibility index (Phi) is 4.47. The lowest BCUT2D eigenvalue weighted by molar-refractivity contribution is 0.591. The summed E-state index contributed by atoms with van der Waals surface area (Å²) in [6, 6.07) is 10.7.